The molecular weight excluding hydrogens is 276 g/mol. The standard InChI is InChI=1S/C14H12N2O3S/c1-18-8-3-4-9(11(5-8)19-2)10-6-20-14-12(10)13(17)15-7-16-14/h3-7H,1-2H3,(H,15,16,17). The van der Waals surface area contributed by atoms with Crippen LogP contribution in [0.1, 0.15) is 0 Å². The fraction of sp³-hybridized carbons (Fsp3) is 0.143. The molecule has 102 valence electrons. The van der Waals surface area contributed by atoms with Gasteiger partial charge in [-0.2, -0.15) is 0 Å². The number of H-pyrrole nitrogens is 1. The molecule has 0 saturated carbocycles. The van der Waals surface area contributed by atoms with Crippen molar-refractivity contribution in [3.05, 3.63) is 40.3 Å². The molecule has 0 radical (unpaired) electrons. The van der Waals surface area contributed by atoms with Gasteiger partial charge in [0.15, 0.2) is 0 Å². The highest BCUT2D eigenvalue weighted by Gasteiger charge is 2.15. The van der Waals surface area contributed by atoms with E-state index in [1.807, 2.05) is 17.5 Å². The minimum absolute atomic E-state index is 0.149. The molecule has 0 saturated heterocycles. The van der Waals surface area contributed by atoms with Crippen LogP contribution in [0.2, 0.25) is 0 Å². The van der Waals surface area contributed by atoms with Gasteiger partial charge in [-0.1, -0.05) is 0 Å². The normalized spacial score (nSPS) is 10.7. The minimum Gasteiger partial charge on any atom is -0.497 e. The van der Waals surface area contributed by atoms with Crippen molar-refractivity contribution < 1.29 is 9.47 Å². The Bertz CT molecular complexity index is 823. The van der Waals surface area contributed by atoms with Gasteiger partial charge in [-0.05, 0) is 12.1 Å². The number of methoxy groups -OCH3 is 2. The van der Waals surface area contributed by atoms with Gasteiger partial charge in [0.05, 0.1) is 25.9 Å². The van der Waals surface area contributed by atoms with Crippen LogP contribution in [0.5, 0.6) is 11.5 Å². The number of hydrogen-bond donors (Lipinski definition) is 1. The topological polar surface area (TPSA) is 64.2 Å². The summed E-state index contributed by atoms with van der Waals surface area (Å²) >= 11 is 1.43. The molecule has 20 heavy (non-hydrogen) atoms. The molecule has 3 aromatic rings. The number of aromatic amines is 1. The van der Waals surface area contributed by atoms with Crippen LogP contribution in [0.15, 0.2) is 34.7 Å². The Morgan fingerprint density at radius 3 is 2.80 bits per heavy atom. The van der Waals surface area contributed by atoms with Gasteiger partial charge >= 0.3 is 0 Å². The second-order valence-corrected chi connectivity index (χ2v) is 4.99. The molecule has 0 amide bonds. The second kappa shape index (κ2) is 4.97. The molecule has 3 rings (SSSR count). The zero-order valence-electron chi connectivity index (χ0n) is 11.0. The summed E-state index contributed by atoms with van der Waals surface area (Å²) in [6.07, 6.45) is 1.41. The molecule has 0 unspecified atom stereocenters. The number of nitrogens with zero attached hydrogens (tertiary/aromatic N) is 1. The van der Waals surface area contributed by atoms with Gasteiger partial charge in [-0.25, -0.2) is 4.98 Å². The molecule has 1 aromatic carbocycles. The van der Waals surface area contributed by atoms with Crippen molar-refractivity contribution in [1.82, 2.24) is 9.97 Å². The third-order valence-corrected chi connectivity index (χ3v) is 3.96. The van der Waals surface area contributed by atoms with Crippen LogP contribution in [-0.2, 0) is 0 Å². The van der Waals surface area contributed by atoms with Crippen LogP contribution in [0.3, 0.4) is 0 Å². The van der Waals surface area contributed by atoms with Crippen LogP contribution in [0, 0.1) is 0 Å². The third kappa shape index (κ3) is 1.94. The predicted molar refractivity (Wildman–Crippen MR) is 78.8 cm³/mol. The molecule has 1 N–H and O–H groups in total. The Kier molecular flexibility index (Phi) is 3.15. The molecule has 0 aliphatic rings. The van der Waals surface area contributed by atoms with Crippen LogP contribution in [0.4, 0.5) is 0 Å². The van der Waals surface area contributed by atoms with Crippen molar-refractivity contribution in [2.45, 2.75) is 0 Å². The van der Waals surface area contributed by atoms with Crippen LogP contribution in [-0.4, -0.2) is 24.2 Å². The van der Waals surface area contributed by atoms with E-state index in [1.165, 1.54) is 17.7 Å². The van der Waals surface area contributed by atoms with E-state index >= 15 is 0 Å². The second-order valence-electron chi connectivity index (χ2n) is 4.13. The lowest BCUT2D eigenvalue weighted by atomic mass is 10.1. The molecule has 5 nitrogen and oxygen atoms in total. The monoisotopic (exact) mass is 288 g/mol. The molecule has 0 fully saturated rings. The first-order valence-electron chi connectivity index (χ1n) is 5.92. The number of nitrogens with one attached hydrogen (secondary N) is 1. The molecule has 2 aromatic heterocycles. The smallest absolute Gasteiger partial charge is 0.260 e. The molecule has 0 aliphatic carbocycles. The van der Waals surface area contributed by atoms with E-state index in [1.54, 1.807) is 20.3 Å². The van der Waals surface area contributed by atoms with E-state index in [0.717, 1.165) is 11.1 Å². The van der Waals surface area contributed by atoms with Crippen molar-refractivity contribution in [2.75, 3.05) is 14.2 Å². The lowest BCUT2D eigenvalue weighted by molar-refractivity contribution is 0.395. The van der Waals surface area contributed by atoms with E-state index in [-0.39, 0.29) is 5.56 Å². The minimum atomic E-state index is -0.149. The number of aromatic nitrogens is 2. The highest BCUT2D eigenvalue weighted by atomic mass is 32.1. The predicted octanol–water partition coefficient (Wildman–Crippen LogP) is 2.67. The highest BCUT2D eigenvalue weighted by Crippen LogP contribution is 2.38. The third-order valence-electron chi connectivity index (χ3n) is 3.07. The zero-order valence-corrected chi connectivity index (χ0v) is 11.8. The lowest BCUT2D eigenvalue weighted by Gasteiger charge is -2.09. The fourth-order valence-corrected chi connectivity index (χ4v) is 3.01. The molecule has 0 atom stereocenters. The maximum atomic E-state index is 12.0. The van der Waals surface area contributed by atoms with Gasteiger partial charge in [0.1, 0.15) is 16.3 Å². The number of thiophene rings is 1. The summed E-state index contributed by atoms with van der Waals surface area (Å²) in [7, 11) is 3.19. The van der Waals surface area contributed by atoms with E-state index in [9.17, 15) is 4.79 Å². The Morgan fingerprint density at radius 2 is 2.05 bits per heavy atom. The quantitative estimate of drug-likeness (QED) is 0.804. The first kappa shape index (κ1) is 12.7. The summed E-state index contributed by atoms with van der Waals surface area (Å²) in [6, 6.07) is 5.51. The summed E-state index contributed by atoms with van der Waals surface area (Å²) in [6.45, 7) is 0. The van der Waals surface area contributed by atoms with E-state index in [0.29, 0.717) is 21.7 Å². The zero-order chi connectivity index (χ0) is 14.1. The van der Waals surface area contributed by atoms with Crippen molar-refractivity contribution in [3.63, 3.8) is 0 Å². The molecule has 0 spiro atoms. The lowest BCUT2D eigenvalue weighted by Crippen LogP contribution is -2.05. The number of fused-ring (bicyclic) bond motifs is 1. The summed E-state index contributed by atoms with van der Waals surface area (Å²) in [5, 5.41) is 2.50. The van der Waals surface area contributed by atoms with Crippen LogP contribution >= 0.6 is 11.3 Å². The average Bonchev–Trinajstić information content (AvgIpc) is 2.91. The van der Waals surface area contributed by atoms with E-state index in [2.05, 4.69) is 9.97 Å². The van der Waals surface area contributed by atoms with Gasteiger partial charge in [0.2, 0.25) is 0 Å². The Hall–Kier alpha value is -2.34. The Balaban J connectivity index is 2.28. The van der Waals surface area contributed by atoms with E-state index in [4.69, 9.17) is 9.47 Å². The van der Waals surface area contributed by atoms with Crippen molar-refractivity contribution >= 4 is 21.6 Å². The van der Waals surface area contributed by atoms with Crippen molar-refractivity contribution in [3.8, 4) is 22.6 Å². The molecular formula is C14H12N2O3S. The van der Waals surface area contributed by atoms with Crippen LogP contribution in [0.25, 0.3) is 21.3 Å². The van der Waals surface area contributed by atoms with Gasteiger partial charge in [0.25, 0.3) is 5.56 Å². The Labute approximate surface area is 118 Å². The van der Waals surface area contributed by atoms with Gasteiger partial charge in [0, 0.05) is 22.6 Å². The summed E-state index contributed by atoms with van der Waals surface area (Å²) in [5.74, 6) is 1.37. The van der Waals surface area contributed by atoms with Gasteiger partial charge < -0.3 is 14.5 Å². The average molecular weight is 288 g/mol. The van der Waals surface area contributed by atoms with Gasteiger partial charge in [-0.15, -0.1) is 11.3 Å². The molecule has 2 heterocycles. The SMILES string of the molecule is COc1ccc(-c2csc3nc[nH]c(=O)c23)c(OC)c1. The molecule has 6 heteroatoms. The van der Waals surface area contributed by atoms with Crippen molar-refractivity contribution in [2.24, 2.45) is 0 Å². The first-order chi connectivity index (χ1) is 9.74. The van der Waals surface area contributed by atoms with Gasteiger partial charge in [-0.3, -0.25) is 4.79 Å². The maximum absolute atomic E-state index is 12.0. The summed E-state index contributed by atoms with van der Waals surface area (Å²) < 4.78 is 10.6. The number of rotatable bonds is 3. The maximum Gasteiger partial charge on any atom is 0.260 e. The molecule has 0 aliphatic heterocycles. The Morgan fingerprint density at radius 1 is 1.20 bits per heavy atom. The van der Waals surface area contributed by atoms with Crippen molar-refractivity contribution in [1.29, 1.82) is 0 Å². The fourth-order valence-electron chi connectivity index (χ4n) is 2.10. The van der Waals surface area contributed by atoms with E-state index < -0.39 is 0 Å². The number of hydrogen-bond acceptors (Lipinski definition) is 5. The first-order valence-corrected chi connectivity index (χ1v) is 6.80. The van der Waals surface area contributed by atoms with Crippen LogP contribution < -0.4 is 15.0 Å². The summed E-state index contributed by atoms with van der Waals surface area (Å²) in [4.78, 5) is 19.5. The largest absolute Gasteiger partial charge is 0.497 e. The number of benzene rings is 1. The molecule has 0 bridgehead atoms. The number of ether oxygens (including phenoxy) is 2. The summed E-state index contributed by atoms with van der Waals surface area (Å²) in [5.41, 5.74) is 1.51. The highest BCUT2D eigenvalue weighted by molar-refractivity contribution is 7.17.